The molecule has 0 aliphatic carbocycles. The molecule has 1 aromatic heterocycles. The lowest BCUT2D eigenvalue weighted by atomic mass is 10.3. The lowest BCUT2D eigenvalue weighted by molar-refractivity contribution is -0.645. The second-order valence-corrected chi connectivity index (χ2v) is 3.00. The first-order valence-corrected chi connectivity index (χ1v) is 4.26. The van der Waals surface area contributed by atoms with E-state index in [1.54, 1.807) is 0 Å². The SMILES string of the molecule is CCn1c[n+](C)c2ccccc21.I. The summed E-state index contributed by atoms with van der Waals surface area (Å²) in [6, 6.07) is 8.44. The summed E-state index contributed by atoms with van der Waals surface area (Å²) >= 11 is 0. The molecule has 2 rings (SSSR count). The number of benzene rings is 1. The fourth-order valence-corrected chi connectivity index (χ4v) is 1.59. The van der Waals surface area contributed by atoms with Crippen LogP contribution in [0.2, 0.25) is 0 Å². The van der Waals surface area contributed by atoms with Gasteiger partial charge in [-0.1, -0.05) is 12.1 Å². The Hall–Kier alpha value is -0.580. The molecule has 1 aromatic carbocycles. The summed E-state index contributed by atoms with van der Waals surface area (Å²) in [6.45, 7) is 3.19. The van der Waals surface area contributed by atoms with Gasteiger partial charge in [0.15, 0.2) is 11.0 Å². The standard InChI is InChI=1S/C10H13N2.HI/c1-3-12-8-11(2)9-6-4-5-7-10(9)12;/h4-8H,3H2,1-2H3;1H/q+1;. The maximum Gasteiger partial charge on any atom is 0.244 e. The molecule has 1 heterocycles. The van der Waals surface area contributed by atoms with Crippen molar-refractivity contribution in [1.82, 2.24) is 4.57 Å². The lowest BCUT2D eigenvalue weighted by Gasteiger charge is -1.88. The number of nitrogens with zero attached hydrogens (tertiary/aromatic N) is 2. The first kappa shape index (κ1) is 10.5. The number of para-hydroxylation sites is 2. The third kappa shape index (κ3) is 1.70. The fraction of sp³-hybridized carbons (Fsp3) is 0.300. The Bertz CT molecular complexity index is 406. The molecule has 0 unspecified atom stereocenters. The van der Waals surface area contributed by atoms with Crippen molar-refractivity contribution in [3.63, 3.8) is 0 Å². The van der Waals surface area contributed by atoms with Gasteiger partial charge in [0.25, 0.3) is 0 Å². The Morgan fingerprint density at radius 2 is 2.00 bits per heavy atom. The van der Waals surface area contributed by atoms with Crippen LogP contribution in [0, 0.1) is 0 Å². The van der Waals surface area contributed by atoms with Crippen LogP contribution in [0.3, 0.4) is 0 Å². The van der Waals surface area contributed by atoms with Crippen molar-refractivity contribution in [1.29, 1.82) is 0 Å². The average Bonchev–Trinajstić information content (AvgIpc) is 2.44. The van der Waals surface area contributed by atoms with Crippen LogP contribution in [0.25, 0.3) is 11.0 Å². The van der Waals surface area contributed by atoms with Gasteiger partial charge in [-0.05, 0) is 19.1 Å². The molecule has 0 amide bonds. The zero-order valence-electron chi connectivity index (χ0n) is 7.90. The highest BCUT2D eigenvalue weighted by Gasteiger charge is 2.09. The van der Waals surface area contributed by atoms with Crippen LogP contribution in [-0.2, 0) is 13.6 Å². The highest BCUT2D eigenvalue weighted by atomic mass is 127. The molecule has 0 aliphatic heterocycles. The van der Waals surface area contributed by atoms with Gasteiger partial charge in [0.05, 0.1) is 13.6 Å². The van der Waals surface area contributed by atoms with E-state index < -0.39 is 0 Å². The number of hydrogen-bond acceptors (Lipinski definition) is 0. The van der Waals surface area contributed by atoms with E-state index in [2.05, 4.69) is 53.7 Å². The lowest BCUT2D eigenvalue weighted by Crippen LogP contribution is -2.25. The second-order valence-electron chi connectivity index (χ2n) is 3.00. The van der Waals surface area contributed by atoms with E-state index in [1.165, 1.54) is 11.0 Å². The van der Waals surface area contributed by atoms with Gasteiger partial charge in [0, 0.05) is 0 Å². The predicted octanol–water partition coefficient (Wildman–Crippen LogP) is 2.10. The molecule has 0 bridgehead atoms. The molecular formula is C10H14IN2+. The largest absolute Gasteiger partial charge is 0.244 e. The molecule has 70 valence electrons. The van der Waals surface area contributed by atoms with E-state index in [-0.39, 0.29) is 24.0 Å². The zero-order chi connectivity index (χ0) is 8.55. The maximum absolute atomic E-state index is 2.25. The minimum Gasteiger partial charge on any atom is -0.233 e. The van der Waals surface area contributed by atoms with Gasteiger partial charge in [-0.3, -0.25) is 0 Å². The number of hydrogen-bond donors (Lipinski definition) is 0. The number of imidazole rings is 1. The Balaban J connectivity index is 0.000000845. The van der Waals surface area contributed by atoms with Crippen molar-refractivity contribution in [2.75, 3.05) is 0 Å². The molecule has 0 N–H and O–H groups in total. The van der Waals surface area contributed by atoms with E-state index in [0.717, 1.165) is 6.54 Å². The molecule has 0 spiro atoms. The van der Waals surface area contributed by atoms with Crippen LogP contribution in [0.15, 0.2) is 30.6 Å². The van der Waals surface area contributed by atoms with Crippen LogP contribution in [0.1, 0.15) is 6.92 Å². The van der Waals surface area contributed by atoms with Gasteiger partial charge < -0.3 is 0 Å². The van der Waals surface area contributed by atoms with Gasteiger partial charge in [0.2, 0.25) is 6.33 Å². The summed E-state index contributed by atoms with van der Waals surface area (Å²) in [7, 11) is 2.08. The van der Waals surface area contributed by atoms with Crippen molar-refractivity contribution in [3.8, 4) is 0 Å². The zero-order valence-corrected chi connectivity index (χ0v) is 10.2. The fourth-order valence-electron chi connectivity index (χ4n) is 1.59. The van der Waals surface area contributed by atoms with E-state index >= 15 is 0 Å². The highest BCUT2D eigenvalue weighted by molar-refractivity contribution is 14.0. The Labute approximate surface area is 95.2 Å². The van der Waals surface area contributed by atoms with E-state index in [1.807, 2.05) is 0 Å². The van der Waals surface area contributed by atoms with Gasteiger partial charge in [-0.15, -0.1) is 24.0 Å². The second kappa shape index (κ2) is 4.09. The van der Waals surface area contributed by atoms with Crippen molar-refractivity contribution < 1.29 is 4.57 Å². The topological polar surface area (TPSA) is 8.81 Å². The molecule has 0 fully saturated rings. The number of fused-ring (bicyclic) bond motifs is 1. The van der Waals surface area contributed by atoms with Crippen molar-refractivity contribution >= 4 is 35.0 Å². The summed E-state index contributed by atoms with van der Waals surface area (Å²) in [6.07, 6.45) is 2.13. The van der Waals surface area contributed by atoms with Gasteiger partial charge in [0.1, 0.15) is 0 Å². The van der Waals surface area contributed by atoms with Crippen LogP contribution >= 0.6 is 24.0 Å². The number of rotatable bonds is 1. The minimum atomic E-state index is 0. The third-order valence-electron chi connectivity index (χ3n) is 2.22. The molecule has 2 aromatic rings. The van der Waals surface area contributed by atoms with Crippen LogP contribution in [0.5, 0.6) is 0 Å². The number of aromatic nitrogens is 2. The summed E-state index contributed by atoms with van der Waals surface area (Å²) in [4.78, 5) is 0. The summed E-state index contributed by atoms with van der Waals surface area (Å²) in [5.41, 5.74) is 2.60. The first-order chi connectivity index (χ1) is 5.83. The van der Waals surface area contributed by atoms with Crippen LogP contribution < -0.4 is 4.57 Å². The molecule has 0 aliphatic rings. The Kier molecular flexibility index (Phi) is 3.30. The molecule has 0 saturated carbocycles. The van der Waals surface area contributed by atoms with Gasteiger partial charge in [-0.25, -0.2) is 9.13 Å². The van der Waals surface area contributed by atoms with Gasteiger partial charge in [-0.2, -0.15) is 0 Å². The molecule has 0 saturated heterocycles. The summed E-state index contributed by atoms with van der Waals surface area (Å²) in [5, 5.41) is 0. The van der Waals surface area contributed by atoms with E-state index in [0.29, 0.717) is 0 Å². The van der Waals surface area contributed by atoms with Crippen molar-refractivity contribution in [2.24, 2.45) is 7.05 Å². The summed E-state index contributed by atoms with van der Waals surface area (Å²) < 4.78 is 4.40. The smallest absolute Gasteiger partial charge is 0.233 e. The Morgan fingerprint density at radius 3 is 2.69 bits per heavy atom. The van der Waals surface area contributed by atoms with Crippen LogP contribution in [-0.4, -0.2) is 4.57 Å². The summed E-state index contributed by atoms with van der Waals surface area (Å²) in [5.74, 6) is 0. The van der Waals surface area contributed by atoms with Gasteiger partial charge >= 0.3 is 0 Å². The molecule has 13 heavy (non-hydrogen) atoms. The number of halogens is 1. The minimum absolute atomic E-state index is 0. The molecule has 0 radical (unpaired) electrons. The van der Waals surface area contributed by atoms with Crippen molar-refractivity contribution in [3.05, 3.63) is 30.6 Å². The number of aryl methyl sites for hydroxylation is 2. The first-order valence-electron chi connectivity index (χ1n) is 4.26. The quantitative estimate of drug-likeness (QED) is 0.561. The Morgan fingerprint density at radius 1 is 1.31 bits per heavy atom. The normalized spacial score (nSPS) is 10.0. The highest BCUT2D eigenvalue weighted by Crippen LogP contribution is 2.08. The predicted molar refractivity (Wildman–Crippen MR) is 64.2 cm³/mol. The molecule has 3 heteroatoms. The van der Waals surface area contributed by atoms with Crippen molar-refractivity contribution in [2.45, 2.75) is 13.5 Å². The average molecular weight is 289 g/mol. The van der Waals surface area contributed by atoms with Crippen LogP contribution in [0.4, 0.5) is 0 Å². The maximum atomic E-state index is 2.25. The molecule has 0 atom stereocenters. The third-order valence-corrected chi connectivity index (χ3v) is 2.22. The molecular weight excluding hydrogens is 275 g/mol. The monoisotopic (exact) mass is 289 g/mol. The molecule has 2 nitrogen and oxygen atoms in total. The van der Waals surface area contributed by atoms with E-state index in [9.17, 15) is 0 Å². The van der Waals surface area contributed by atoms with E-state index in [4.69, 9.17) is 0 Å².